The van der Waals surface area contributed by atoms with E-state index in [2.05, 4.69) is 20.2 Å². The van der Waals surface area contributed by atoms with E-state index < -0.39 is 6.29 Å². The lowest BCUT2D eigenvalue weighted by Gasteiger charge is -2.41. The van der Waals surface area contributed by atoms with Gasteiger partial charge in [-0.3, -0.25) is 4.90 Å². The van der Waals surface area contributed by atoms with E-state index in [4.69, 9.17) is 33.7 Å². The molecule has 0 amide bonds. The Morgan fingerprint density at radius 1 is 1.03 bits per heavy atom. The molecule has 0 spiro atoms. The third kappa shape index (κ3) is 4.33. The van der Waals surface area contributed by atoms with Crippen molar-refractivity contribution in [3.05, 3.63) is 57.6 Å². The first-order chi connectivity index (χ1) is 14.4. The van der Waals surface area contributed by atoms with Crippen LogP contribution in [0.1, 0.15) is 11.1 Å². The minimum atomic E-state index is -0.516. The van der Waals surface area contributed by atoms with Crippen molar-refractivity contribution in [2.45, 2.75) is 20.1 Å². The van der Waals surface area contributed by atoms with Crippen LogP contribution in [0.2, 0.25) is 10.0 Å². The van der Waals surface area contributed by atoms with E-state index in [1.807, 2.05) is 55.1 Å². The Morgan fingerprint density at radius 3 is 2.37 bits per heavy atom. The first-order valence-corrected chi connectivity index (χ1v) is 10.5. The third-order valence-electron chi connectivity index (χ3n) is 5.12. The molecule has 2 heterocycles. The molecule has 0 aliphatic carbocycles. The molecule has 2 aliphatic heterocycles. The van der Waals surface area contributed by atoms with Gasteiger partial charge in [0.1, 0.15) is 0 Å². The second-order valence-electron chi connectivity index (χ2n) is 7.28. The van der Waals surface area contributed by atoms with E-state index in [1.165, 1.54) is 0 Å². The molecule has 7 nitrogen and oxygen atoms in total. The SMILES string of the molecule is Cc1ccc(NC2N=C(N)N=C(N3CCOCC3)N2c2ccc(C)c(Cl)c2)cc1Cl. The highest BCUT2D eigenvalue weighted by atomic mass is 35.5. The normalized spacial score (nSPS) is 19.4. The van der Waals surface area contributed by atoms with Crippen LogP contribution in [0.3, 0.4) is 0 Å². The van der Waals surface area contributed by atoms with Crippen LogP contribution in [0.25, 0.3) is 0 Å². The summed E-state index contributed by atoms with van der Waals surface area (Å²) in [6.07, 6.45) is -0.516. The smallest absolute Gasteiger partial charge is 0.222 e. The van der Waals surface area contributed by atoms with Crippen molar-refractivity contribution in [3.63, 3.8) is 0 Å². The number of ether oxygens (including phenoxy) is 1. The topological polar surface area (TPSA) is 78.5 Å². The van der Waals surface area contributed by atoms with Crippen LogP contribution in [0, 0.1) is 13.8 Å². The zero-order valence-corrected chi connectivity index (χ0v) is 18.4. The Bertz CT molecular complexity index is 1000. The van der Waals surface area contributed by atoms with Gasteiger partial charge in [0.2, 0.25) is 18.2 Å². The number of guanidine groups is 2. The van der Waals surface area contributed by atoms with Crippen LogP contribution in [0.4, 0.5) is 11.4 Å². The molecule has 158 valence electrons. The van der Waals surface area contributed by atoms with Crippen molar-refractivity contribution < 1.29 is 4.74 Å². The maximum atomic E-state index is 6.44. The molecule has 1 unspecified atom stereocenters. The number of nitrogens with two attached hydrogens (primary N) is 1. The highest BCUT2D eigenvalue weighted by Crippen LogP contribution is 2.29. The number of nitrogens with one attached hydrogen (secondary N) is 1. The Morgan fingerprint density at radius 2 is 1.70 bits per heavy atom. The molecule has 0 saturated carbocycles. The maximum absolute atomic E-state index is 6.44. The van der Waals surface area contributed by atoms with E-state index in [0.717, 1.165) is 22.5 Å². The molecule has 1 fully saturated rings. The Hall–Kier alpha value is -2.48. The number of hydrogen-bond donors (Lipinski definition) is 2. The fourth-order valence-corrected chi connectivity index (χ4v) is 3.74. The lowest BCUT2D eigenvalue weighted by Crippen LogP contribution is -2.57. The molecule has 1 saturated heterocycles. The molecule has 1 atom stereocenters. The van der Waals surface area contributed by atoms with E-state index in [-0.39, 0.29) is 5.96 Å². The summed E-state index contributed by atoms with van der Waals surface area (Å²) in [7, 11) is 0. The van der Waals surface area contributed by atoms with Crippen LogP contribution in [0.5, 0.6) is 0 Å². The van der Waals surface area contributed by atoms with Gasteiger partial charge >= 0.3 is 0 Å². The van der Waals surface area contributed by atoms with Gasteiger partial charge in [0.25, 0.3) is 0 Å². The monoisotopic (exact) mass is 446 g/mol. The highest BCUT2D eigenvalue weighted by Gasteiger charge is 2.32. The largest absolute Gasteiger partial charge is 0.378 e. The fraction of sp³-hybridized carbons (Fsp3) is 0.333. The molecular weight excluding hydrogens is 423 g/mol. The van der Waals surface area contributed by atoms with Crippen LogP contribution in [0.15, 0.2) is 46.4 Å². The van der Waals surface area contributed by atoms with Gasteiger partial charge in [0.05, 0.1) is 13.2 Å². The predicted octanol–water partition coefficient (Wildman–Crippen LogP) is 3.83. The summed E-state index contributed by atoms with van der Waals surface area (Å²) in [6.45, 7) is 6.62. The van der Waals surface area contributed by atoms with Gasteiger partial charge in [0, 0.05) is 34.5 Å². The summed E-state index contributed by atoms with van der Waals surface area (Å²) in [5.74, 6) is 0.920. The molecule has 4 rings (SSSR count). The second kappa shape index (κ2) is 8.71. The number of rotatable bonds is 3. The number of hydrogen-bond acceptors (Lipinski definition) is 7. The summed E-state index contributed by atoms with van der Waals surface area (Å²) in [5.41, 5.74) is 9.81. The van der Waals surface area contributed by atoms with Crippen LogP contribution >= 0.6 is 23.2 Å². The van der Waals surface area contributed by atoms with Crippen molar-refractivity contribution in [1.29, 1.82) is 0 Å². The van der Waals surface area contributed by atoms with Gasteiger partial charge < -0.3 is 20.7 Å². The predicted molar refractivity (Wildman–Crippen MR) is 124 cm³/mol. The lowest BCUT2D eigenvalue weighted by molar-refractivity contribution is 0.0671. The number of halogens is 2. The standard InChI is InChI=1S/C21H24Cl2N6O/c1-13-3-5-15(11-17(13)22)25-20-26-19(24)27-21(28-7-9-30-10-8-28)29(20)16-6-4-14(2)18(23)12-16/h3-6,11-12,20,25H,7-10H2,1-2H3,(H2,24,26). The minimum absolute atomic E-state index is 0.210. The average Bonchev–Trinajstić information content (AvgIpc) is 2.73. The number of aliphatic imine (C=N–C) groups is 2. The number of benzene rings is 2. The van der Waals surface area contributed by atoms with E-state index in [0.29, 0.717) is 42.3 Å². The first-order valence-electron chi connectivity index (χ1n) is 9.75. The van der Waals surface area contributed by atoms with Crippen LogP contribution < -0.4 is 16.0 Å². The number of anilines is 2. The minimum Gasteiger partial charge on any atom is -0.378 e. The molecule has 9 heteroatoms. The summed E-state index contributed by atoms with van der Waals surface area (Å²) in [4.78, 5) is 13.3. The summed E-state index contributed by atoms with van der Waals surface area (Å²) in [5, 5.41) is 4.78. The van der Waals surface area contributed by atoms with Crippen molar-refractivity contribution in [2.24, 2.45) is 15.7 Å². The van der Waals surface area contributed by atoms with Gasteiger partial charge in [-0.1, -0.05) is 35.3 Å². The molecule has 2 aromatic rings. The van der Waals surface area contributed by atoms with Gasteiger partial charge in [-0.2, -0.15) is 4.99 Å². The summed E-state index contributed by atoms with van der Waals surface area (Å²) in [6, 6.07) is 11.7. The molecule has 0 bridgehead atoms. The van der Waals surface area contributed by atoms with Crippen molar-refractivity contribution in [2.75, 3.05) is 36.5 Å². The van der Waals surface area contributed by atoms with Gasteiger partial charge in [-0.05, 0) is 49.2 Å². The Kier molecular flexibility index (Phi) is 6.04. The number of nitrogens with zero attached hydrogens (tertiary/aromatic N) is 4. The van der Waals surface area contributed by atoms with Gasteiger partial charge in [0.15, 0.2) is 0 Å². The van der Waals surface area contributed by atoms with Crippen LogP contribution in [-0.4, -0.2) is 49.4 Å². The molecule has 30 heavy (non-hydrogen) atoms. The van der Waals surface area contributed by atoms with Crippen molar-refractivity contribution in [3.8, 4) is 0 Å². The molecule has 2 aromatic carbocycles. The molecule has 0 aromatic heterocycles. The summed E-state index contributed by atoms with van der Waals surface area (Å²) < 4.78 is 5.51. The Labute approximate surface area is 186 Å². The second-order valence-corrected chi connectivity index (χ2v) is 8.10. The zero-order chi connectivity index (χ0) is 21.3. The van der Waals surface area contributed by atoms with Gasteiger partial charge in [-0.15, -0.1) is 0 Å². The van der Waals surface area contributed by atoms with Crippen molar-refractivity contribution >= 4 is 46.5 Å². The number of morpholine rings is 1. The van der Waals surface area contributed by atoms with Crippen LogP contribution in [-0.2, 0) is 4.74 Å². The third-order valence-corrected chi connectivity index (χ3v) is 5.94. The highest BCUT2D eigenvalue weighted by molar-refractivity contribution is 6.32. The molecule has 2 aliphatic rings. The lowest BCUT2D eigenvalue weighted by atomic mass is 10.2. The van der Waals surface area contributed by atoms with E-state index in [1.54, 1.807) is 0 Å². The first kappa shape index (κ1) is 20.8. The zero-order valence-electron chi connectivity index (χ0n) is 16.9. The number of aryl methyl sites for hydroxylation is 2. The fourth-order valence-electron chi connectivity index (χ4n) is 3.38. The van der Waals surface area contributed by atoms with E-state index in [9.17, 15) is 0 Å². The summed E-state index contributed by atoms with van der Waals surface area (Å²) >= 11 is 12.8. The molecule has 0 radical (unpaired) electrons. The van der Waals surface area contributed by atoms with Gasteiger partial charge in [-0.25, -0.2) is 4.99 Å². The Balaban J connectivity index is 1.74. The molecule has 3 N–H and O–H groups in total. The quantitative estimate of drug-likeness (QED) is 0.748. The van der Waals surface area contributed by atoms with E-state index >= 15 is 0 Å². The average molecular weight is 447 g/mol. The molecular formula is C21H24Cl2N6O. The maximum Gasteiger partial charge on any atom is 0.222 e. The van der Waals surface area contributed by atoms with Crippen molar-refractivity contribution in [1.82, 2.24) is 4.90 Å².